The first-order valence-corrected chi connectivity index (χ1v) is 7.01. The molecule has 0 aliphatic rings. The molecule has 0 aliphatic carbocycles. The summed E-state index contributed by atoms with van der Waals surface area (Å²) in [5, 5.41) is 11.4. The van der Waals surface area contributed by atoms with E-state index in [1.54, 1.807) is 6.33 Å². The van der Waals surface area contributed by atoms with Gasteiger partial charge in [-0.3, -0.25) is 0 Å². The fraction of sp³-hybridized carbons (Fsp3) is 0.385. The molecule has 1 atom stereocenters. The van der Waals surface area contributed by atoms with Crippen molar-refractivity contribution in [3.8, 4) is 0 Å². The van der Waals surface area contributed by atoms with E-state index in [4.69, 9.17) is 0 Å². The number of nitrogens with one attached hydrogen (secondary N) is 1. The van der Waals surface area contributed by atoms with Crippen molar-refractivity contribution in [1.29, 1.82) is 0 Å². The third-order valence-corrected chi connectivity index (χ3v) is 3.71. The van der Waals surface area contributed by atoms with Crippen LogP contribution < -0.4 is 5.32 Å². The van der Waals surface area contributed by atoms with Crippen LogP contribution in [-0.4, -0.2) is 27.1 Å². The molecular formula is C13H18N4S. The first-order chi connectivity index (χ1) is 8.77. The number of rotatable bonds is 6. The predicted octanol–water partition coefficient (Wildman–Crippen LogP) is 2.26. The number of aryl methyl sites for hydroxylation is 1. The Hall–Kier alpha value is -1.33. The van der Waals surface area contributed by atoms with Gasteiger partial charge in [-0.1, -0.05) is 18.2 Å². The fourth-order valence-corrected chi connectivity index (χ4v) is 2.54. The lowest BCUT2D eigenvalue weighted by Gasteiger charge is -2.12. The highest BCUT2D eigenvalue weighted by molar-refractivity contribution is 7.99. The molecule has 1 unspecified atom stereocenters. The van der Waals surface area contributed by atoms with Crippen LogP contribution in [0.3, 0.4) is 0 Å². The zero-order valence-corrected chi connectivity index (χ0v) is 11.5. The summed E-state index contributed by atoms with van der Waals surface area (Å²) in [4.78, 5) is 1.31. The second-order valence-electron chi connectivity index (χ2n) is 4.14. The number of nitrogens with zero attached hydrogens (tertiary/aromatic N) is 3. The zero-order chi connectivity index (χ0) is 12.8. The van der Waals surface area contributed by atoms with Gasteiger partial charge in [-0.2, -0.15) is 0 Å². The first-order valence-electron chi connectivity index (χ1n) is 6.02. The van der Waals surface area contributed by atoms with Gasteiger partial charge in [0, 0.05) is 24.2 Å². The quantitative estimate of drug-likeness (QED) is 0.640. The number of hydrogen-bond acceptors (Lipinski definition) is 4. The molecule has 96 valence electrons. The molecular weight excluding hydrogens is 244 g/mol. The van der Waals surface area contributed by atoms with Gasteiger partial charge in [-0.25, -0.2) is 0 Å². The van der Waals surface area contributed by atoms with Crippen LogP contribution in [0.4, 0.5) is 0 Å². The van der Waals surface area contributed by atoms with Crippen LogP contribution in [-0.2, 0) is 7.05 Å². The van der Waals surface area contributed by atoms with Gasteiger partial charge in [0.1, 0.15) is 12.2 Å². The summed E-state index contributed by atoms with van der Waals surface area (Å²) in [5.74, 6) is 2.02. The van der Waals surface area contributed by atoms with Crippen molar-refractivity contribution in [2.45, 2.75) is 17.9 Å². The SMILES string of the molecule is CC(NCCSc1ccccc1)c1nncn1C. The molecule has 18 heavy (non-hydrogen) atoms. The summed E-state index contributed by atoms with van der Waals surface area (Å²) < 4.78 is 1.95. The van der Waals surface area contributed by atoms with E-state index in [9.17, 15) is 0 Å². The standard InChI is InChI=1S/C13H18N4S/c1-11(13-16-15-10-17(13)2)14-8-9-18-12-6-4-3-5-7-12/h3-7,10-11,14H,8-9H2,1-2H3. The van der Waals surface area contributed by atoms with Gasteiger partial charge in [0.15, 0.2) is 0 Å². The maximum absolute atomic E-state index is 4.10. The smallest absolute Gasteiger partial charge is 0.149 e. The minimum atomic E-state index is 0.230. The van der Waals surface area contributed by atoms with Crippen molar-refractivity contribution >= 4 is 11.8 Å². The van der Waals surface area contributed by atoms with Gasteiger partial charge in [-0.05, 0) is 19.1 Å². The van der Waals surface area contributed by atoms with E-state index in [0.29, 0.717) is 0 Å². The second kappa shape index (κ2) is 6.56. The minimum absolute atomic E-state index is 0.230. The Bertz CT molecular complexity index is 469. The van der Waals surface area contributed by atoms with Crippen molar-refractivity contribution in [2.24, 2.45) is 7.05 Å². The molecule has 1 N–H and O–H groups in total. The monoisotopic (exact) mass is 262 g/mol. The molecule has 0 fully saturated rings. The number of thioether (sulfide) groups is 1. The Kier molecular flexibility index (Phi) is 4.78. The van der Waals surface area contributed by atoms with Crippen LogP contribution in [0.5, 0.6) is 0 Å². The second-order valence-corrected chi connectivity index (χ2v) is 5.31. The van der Waals surface area contributed by atoms with Crippen molar-refractivity contribution in [2.75, 3.05) is 12.3 Å². The highest BCUT2D eigenvalue weighted by atomic mass is 32.2. The highest BCUT2D eigenvalue weighted by Crippen LogP contribution is 2.16. The molecule has 0 spiro atoms. The van der Waals surface area contributed by atoms with E-state index in [0.717, 1.165) is 18.1 Å². The fourth-order valence-electron chi connectivity index (χ4n) is 1.74. The normalized spacial score (nSPS) is 12.6. The van der Waals surface area contributed by atoms with Crippen molar-refractivity contribution in [3.63, 3.8) is 0 Å². The van der Waals surface area contributed by atoms with E-state index in [1.807, 2.05) is 29.4 Å². The molecule has 1 aromatic heterocycles. The van der Waals surface area contributed by atoms with Gasteiger partial charge in [0.25, 0.3) is 0 Å². The molecule has 0 saturated heterocycles. The Morgan fingerprint density at radius 1 is 1.33 bits per heavy atom. The summed E-state index contributed by atoms with van der Waals surface area (Å²) in [6, 6.07) is 10.7. The zero-order valence-electron chi connectivity index (χ0n) is 10.7. The molecule has 2 aromatic rings. The molecule has 1 heterocycles. The molecule has 1 aromatic carbocycles. The summed E-state index contributed by atoms with van der Waals surface area (Å²) >= 11 is 1.86. The van der Waals surface area contributed by atoms with Crippen LogP contribution in [0.25, 0.3) is 0 Å². The van der Waals surface area contributed by atoms with Crippen molar-refractivity contribution < 1.29 is 0 Å². The lowest BCUT2D eigenvalue weighted by molar-refractivity contribution is 0.548. The van der Waals surface area contributed by atoms with Crippen LogP contribution in [0, 0.1) is 0 Å². The predicted molar refractivity (Wildman–Crippen MR) is 74.6 cm³/mol. The summed E-state index contributed by atoms with van der Waals surface area (Å²) in [6.45, 7) is 3.06. The molecule has 0 aliphatic heterocycles. The maximum Gasteiger partial charge on any atom is 0.149 e. The molecule has 4 nitrogen and oxygen atoms in total. The topological polar surface area (TPSA) is 42.7 Å². The lowest BCUT2D eigenvalue weighted by atomic mass is 10.3. The van der Waals surface area contributed by atoms with E-state index < -0.39 is 0 Å². The molecule has 0 amide bonds. The Morgan fingerprint density at radius 3 is 2.78 bits per heavy atom. The summed E-state index contributed by atoms with van der Waals surface area (Å²) in [6.07, 6.45) is 1.73. The van der Waals surface area contributed by atoms with Gasteiger partial charge in [-0.15, -0.1) is 22.0 Å². The Balaban J connectivity index is 1.71. The minimum Gasteiger partial charge on any atom is -0.319 e. The van der Waals surface area contributed by atoms with E-state index >= 15 is 0 Å². The molecule has 0 bridgehead atoms. The average Bonchev–Trinajstić information content (AvgIpc) is 2.82. The summed E-state index contributed by atoms with van der Waals surface area (Å²) in [5.41, 5.74) is 0. The molecule has 5 heteroatoms. The third kappa shape index (κ3) is 3.58. The number of hydrogen-bond donors (Lipinski definition) is 1. The van der Waals surface area contributed by atoms with Crippen LogP contribution >= 0.6 is 11.8 Å². The van der Waals surface area contributed by atoms with E-state index in [-0.39, 0.29) is 6.04 Å². The largest absolute Gasteiger partial charge is 0.319 e. The van der Waals surface area contributed by atoms with Gasteiger partial charge >= 0.3 is 0 Å². The Morgan fingerprint density at radius 2 is 2.11 bits per heavy atom. The lowest BCUT2D eigenvalue weighted by Crippen LogP contribution is -2.23. The van der Waals surface area contributed by atoms with Gasteiger partial charge in [0.05, 0.1) is 6.04 Å². The van der Waals surface area contributed by atoms with Gasteiger partial charge < -0.3 is 9.88 Å². The average molecular weight is 262 g/mol. The van der Waals surface area contributed by atoms with Crippen molar-refractivity contribution in [1.82, 2.24) is 20.1 Å². The Labute approximate surface area is 112 Å². The van der Waals surface area contributed by atoms with E-state index in [1.165, 1.54) is 4.90 Å². The maximum atomic E-state index is 4.10. The summed E-state index contributed by atoms with van der Waals surface area (Å²) in [7, 11) is 1.96. The molecule has 0 radical (unpaired) electrons. The van der Waals surface area contributed by atoms with E-state index in [2.05, 4.69) is 46.7 Å². The van der Waals surface area contributed by atoms with Crippen molar-refractivity contribution in [3.05, 3.63) is 42.5 Å². The van der Waals surface area contributed by atoms with Crippen LogP contribution in [0.2, 0.25) is 0 Å². The van der Waals surface area contributed by atoms with Crippen LogP contribution in [0.1, 0.15) is 18.8 Å². The number of benzene rings is 1. The third-order valence-electron chi connectivity index (χ3n) is 2.70. The first kappa shape index (κ1) is 13.1. The molecule has 2 rings (SSSR count). The highest BCUT2D eigenvalue weighted by Gasteiger charge is 2.09. The van der Waals surface area contributed by atoms with Crippen LogP contribution in [0.15, 0.2) is 41.6 Å². The molecule has 0 saturated carbocycles. The van der Waals surface area contributed by atoms with Gasteiger partial charge in [0.2, 0.25) is 0 Å². The number of aromatic nitrogens is 3.